The summed E-state index contributed by atoms with van der Waals surface area (Å²) in [5.41, 5.74) is 12.2. The average molecular weight is 588 g/mol. The first kappa shape index (κ1) is 27.0. The molecular weight excluding hydrogens is 564 g/mol. The molecule has 40 heavy (non-hydrogen) atoms. The Labute approximate surface area is 233 Å². The van der Waals surface area contributed by atoms with Gasteiger partial charge in [0.25, 0.3) is 11.8 Å². The number of oxime groups is 1. The Morgan fingerprint density at radius 1 is 1.38 bits per heavy atom. The van der Waals surface area contributed by atoms with Gasteiger partial charge in [0.2, 0.25) is 23.8 Å². The third-order valence-corrected chi connectivity index (χ3v) is 7.91. The number of carbonyl (C=O) groups excluding carboxylic acids is 3. The first-order valence-corrected chi connectivity index (χ1v) is 13.6. The third-order valence-electron chi connectivity index (χ3n) is 6.03. The smallest absolute Gasteiger partial charge is 0.352 e. The molecule has 0 radical (unpaired) electrons. The minimum absolute atomic E-state index is 0.0498. The fourth-order valence-electron chi connectivity index (χ4n) is 4.37. The standard InChI is InChI=1S/C22H22N10O6S2/c1-2-38-28-13(16-27-22(24)40-29-16)18(34)26-14-19(35)32-15(21(36)37)10(8-39-20(14)32)6-30-5-3-4-11-17(30)25-9-31(11)7-12(23)33/h3-5,9,14,20H,2,6-8H2,1H3,(H5-,23,24,26,27,29,33,34,36,37)/p+1. The van der Waals surface area contributed by atoms with Crippen LogP contribution in [-0.2, 0) is 37.1 Å². The molecule has 16 nitrogen and oxygen atoms in total. The molecule has 3 aromatic rings. The number of β-lactam (4-membered cyclic amide) rings is 1. The average Bonchev–Trinajstić information content (AvgIpc) is 3.53. The van der Waals surface area contributed by atoms with E-state index in [1.165, 1.54) is 23.0 Å². The molecule has 2 aliphatic rings. The lowest BCUT2D eigenvalue weighted by molar-refractivity contribution is -0.664. The number of nitrogen functional groups attached to an aromatic ring is 1. The number of fused-ring (bicyclic) bond motifs is 2. The van der Waals surface area contributed by atoms with E-state index in [1.54, 1.807) is 34.4 Å². The molecule has 2 aliphatic heterocycles. The molecule has 0 aromatic carbocycles. The summed E-state index contributed by atoms with van der Waals surface area (Å²) in [5.74, 6) is -2.92. The second-order valence-corrected chi connectivity index (χ2v) is 10.5. The quantitative estimate of drug-likeness (QED) is 0.0916. The van der Waals surface area contributed by atoms with Gasteiger partial charge in [0.15, 0.2) is 5.13 Å². The number of rotatable bonds is 10. The van der Waals surface area contributed by atoms with Crippen LogP contribution in [0.3, 0.4) is 0 Å². The summed E-state index contributed by atoms with van der Waals surface area (Å²) in [5, 5.41) is 15.9. The number of carboxylic acids is 1. The number of carbonyl (C=O) groups is 4. The zero-order valence-corrected chi connectivity index (χ0v) is 22.5. The summed E-state index contributed by atoms with van der Waals surface area (Å²) in [4.78, 5) is 64.4. The molecule has 0 spiro atoms. The molecule has 0 aliphatic carbocycles. The van der Waals surface area contributed by atoms with Crippen LogP contribution in [0.25, 0.3) is 11.2 Å². The van der Waals surface area contributed by atoms with E-state index in [-0.39, 0.29) is 47.8 Å². The summed E-state index contributed by atoms with van der Waals surface area (Å²) in [6, 6.07) is 2.51. The highest BCUT2D eigenvalue weighted by atomic mass is 32.2. The number of nitrogens with one attached hydrogen (secondary N) is 1. The molecule has 0 bridgehead atoms. The van der Waals surface area contributed by atoms with Gasteiger partial charge in [-0.2, -0.15) is 9.36 Å². The number of carboxylic acid groups (broad SMARTS) is 1. The van der Waals surface area contributed by atoms with Gasteiger partial charge in [-0.3, -0.25) is 23.9 Å². The Bertz CT molecular complexity index is 1600. The first-order chi connectivity index (χ1) is 19.2. The predicted octanol–water partition coefficient (Wildman–Crippen LogP) is -1.58. The molecule has 6 N–H and O–H groups in total. The van der Waals surface area contributed by atoms with Gasteiger partial charge in [0, 0.05) is 22.9 Å². The van der Waals surface area contributed by atoms with Crippen molar-refractivity contribution in [3.63, 3.8) is 0 Å². The van der Waals surface area contributed by atoms with Gasteiger partial charge < -0.3 is 26.7 Å². The molecule has 1 saturated heterocycles. The van der Waals surface area contributed by atoms with Gasteiger partial charge in [0.1, 0.15) is 42.3 Å². The molecule has 5 rings (SSSR count). The van der Waals surface area contributed by atoms with Crippen LogP contribution in [0.5, 0.6) is 0 Å². The van der Waals surface area contributed by atoms with Crippen molar-refractivity contribution in [3.8, 4) is 0 Å². The SMILES string of the molecule is CCON=C(C(=O)NC1C(=O)N2C(C(=O)O)=C(C[n+]3cccc4c3ncn4CC(N)=O)CSC12)c1nsc(N)n1. The van der Waals surface area contributed by atoms with Gasteiger partial charge in [-0.25, -0.2) is 9.36 Å². The minimum Gasteiger partial charge on any atom is -0.477 e. The molecule has 3 amide bonds. The number of nitrogens with zero attached hydrogens (tertiary/aromatic N) is 7. The molecule has 2 atom stereocenters. The lowest BCUT2D eigenvalue weighted by Crippen LogP contribution is -2.71. The van der Waals surface area contributed by atoms with Gasteiger partial charge in [-0.15, -0.1) is 11.8 Å². The number of imidazole rings is 1. The number of aromatic nitrogens is 5. The van der Waals surface area contributed by atoms with Crippen LogP contribution in [0.2, 0.25) is 0 Å². The third kappa shape index (κ3) is 4.93. The van der Waals surface area contributed by atoms with E-state index in [4.69, 9.17) is 16.3 Å². The number of pyridine rings is 1. The van der Waals surface area contributed by atoms with E-state index in [0.29, 0.717) is 16.7 Å². The van der Waals surface area contributed by atoms with Crippen LogP contribution in [-0.4, -0.2) is 82.1 Å². The Kier molecular flexibility index (Phi) is 7.35. The fraction of sp³-hybridized carbons (Fsp3) is 0.318. The van der Waals surface area contributed by atoms with Crippen LogP contribution >= 0.6 is 23.3 Å². The van der Waals surface area contributed by atoms with Crippen molar-refractivity contribution in [1.82, 2.24) is 29.1 Å². The van der Waals surface area contributed by atoms with E-state index in [9.17, 15) is 24.3 Å². The maximum Gasteiger partial charge on any atom is 0.352 e. The largest absolute Gasteiger partial charge is 0.477 e. The Morgan fingerprint density at radius 3 is 2.85 bits per heavy atom. The molecule has 5 heterocycles. The van der Waals surface area contributed by atoms with Crippen molar-refractivity contribution in [2.45, 2.75) is 31.4 Å². The number of amides is 3. The molecule has 208 valence electrons. The van der Waals surface area contributed by atoms with Gasteiger partial charge >= 0.3 is 11.6 Å². The number of hydrogen-bond acceptors (Lipinski definition) is 12. The van der Waals surface area contributed by atoms with E-state index in [1.807, 2.05) is 0 Å². The molecular formula is C22H23N10O6S2+. The van der Waals surface area contributed by atoms with E-state index in [0.717, 1.165) is 11.5 Å². The Hall–Kier alpha value is -4.58. The van der Waals surface area contributed by atoms with E-state index >= 15 is 0 Å². The molecule has 18 heteroatoms. The highest BCUT2D eigenvalue weighted by molar-refractivity contribution is 8.00. The second kappa shape index (κ2) is 10.9. The Morgan fingerprint density at radius 2 is 2.17 bits per heavy atom. The summed E-state index contributed by atoms with van der Waals surface area (Å²) >= 11 is 2.18. The predicted molar refractivity (Wildman–Crippen MR) is 141 cm³/mol. The van der Waals surface area contributed by atoms with Gasteiger partial charge in [-0.05, 0) is 24.0 Å². The summed E-state index contributed by atoms with van der Waals surface area (Å²) in [7, 11) is 0. The number of anilines is 1. The number of primary amides is 1. The topological polar surface area (TPSA) is 225 Å². The zero-order valence-electron chi connectivity index (χ0n) is 20.9. The lowest BCUT2D eigenvalue weighted by atomic mass is 10.0. The van der Waals surface area contributed by atoms with Gasteiger partial charge in [-0.1, -0.05) is 5.16 Å². The molecule has 3 aromatic heterocycles. The monoisotopic (exact) mass is 587 g/mol. The van der Waals surface area contributed by atoms with Crippen LogP contribution in [0.1, 0.15) is 12.7 Å². The number of nitrogens with two attached hydrogens (primary N) is 2. The summed E-state index contributed by atoms with van der Waals surface area (Å²) in [6.45, 7) is 1.93. The van der Waals surface area contributed by atoms with Crippen LogP contribution in [0, 0.1) is 0 Å². The van der Waals surface area contributed by atoms with Crippen molar-refractivity contribution in [1.29, 1.82) is 0 Å². The highest BCUT2D eigenvalue weighted by Gasteiger charge is 2.54. The molecule has 0 saturated carbocycles. The van der Waals surface area contributed by atoms with Crippen molar-refractivity contribution in [2.75, 3.05) is 18.1 Å². The van der Waals surface area contributed by atoms with Crippen LogP contribution < -0.4 is 21.4 Å². The first-order valence-electron chi connectivity index (χ1n) is 11.8. The molecule has 2 unspecified atom stereocenters. The number of aliphatic carboxylic acids is 1. The summed E-state index contributed by atoms with van der Waals surface area (Å²) in [6.07, 6.45) is 3.21. The second-order valence-electron chi connectivity index (χ2n) is 8.62. The van der Waals surface area contributed by atoms with E-state index < -0.39 is 35.1 Å². The Balaban J connectivity index is 1.38. The molecule has 1 fully saturated rings. The number of thioether (sulfide) groups is 1. The normalized spacial score (nSPS) is 18.9. The minimum atomic E-state index is -1.27. The maximum atomic E-state index is 13.2. The highest BCUT2D eigenvalue weighted by Crippen LogP contribution is 2.40. The van der Waals surface area contributed by atoms with Crippen LogP contribution in [0.4, 0.5) is 5.13 Å². The lowest BCUT2D eigenvalue weighted by Gasteiger charge is -2.49. The van der Waals surface area contributed by atoms with Crippen molar-refractivity contribution >= 4 is 69.0 Å². The fourth-order valence-corrected chi connectivity index (χ4v) is 6.14. The zero-order chi connectivity index (χ0) is 28.6. The van der Waals surface area contributed by atoms with Gasteiger partial charge in [0.05, 0.1) is 6.20 Å². The summed E-state index contributed by atoms with van der Waals surface area (Å²) < 4.78 is 7.31. The van der Waals surface area contributed by atoms with E-state index in [2.05, 4.69) is 24.8 Å². The van der Waals surface area contributed by atoms with Crippen LogP contribution in [0.15, 0.2) is 41.1 Å². The van der Waals surface area contributed by atoms with Crippen molar-refractivity contribution in [3.05, 3.63) is 41.8 Å². The van der Waals surface area contributed by atoms with Crippen molar-refractivity contribution in [2.24, 2.45) is 10.9 Å². The number of hydrogen-bond donors (Lipinski definition) is 4. The maximum absolute atomic E-state index is 13.2. The van der Waals surface area contributed by atoms with Crippen molar-refractivity contribution < 1.29 is 33.7 Å².